The van der Waals surface area contributed by atoms with E-state index in [4.69, 9.17) is 4.52 Å². The average Bonchev–Trinajstić information content (AvgIpc) is 3.47. The lowest BCUT2D eigenvalue weighted by Gasteiger charge is -2.34. The summed E-state index contributed by atoms with van der Waals surface area (Å²) in [6.45, 7) is 2.88. The van der Waals surface area contributed by atoms with Crippen molar-refractivity contribution in [3.8, 4) is 11.4 Å². The van der Waals surface area contributed by atoms with Gasteiger partial charge < -0.3 is 14.3 Å². The van der Waals surface area contributed by atoms with E-state index in [1.165, 1.54) is 12.1 Å². The molecule has 3 aromatic heterocycles. The number of pyridine rings is 1. The zero-order chi connectivity index (χ0) is 21.9. The molecule has 0 saturated carbocycles. The molecule has 1 aromatic carbocycles. The number of amides is 1. The van der Waals surface area contributed by atoms with Gasteiger partial charge in [-0.1, -0.05) is 16.5 Å². The molecule has 4 heterocycles. The van der Waals surface area contributed by atoms with E-state index in [9.17, 15) is 9.18 Å². The summed E-state index contributed by atoms with van der Waals surface area (Å²) in [6.07, 6.45) is 3.37. The molecule has 4 aromatic rings. The van der Waals surface area contributed by atoms with Gasteiger partial charge in [-0.15, -0.1) is 0 Å². The van der Waals surface area contributed by atoms with Crippen LogP contribution in [0.25, 0.3) is 21.7 Å². The predicted molar refractivity (Wildman–Crippen MR) is 119 cm³/mol. The number of aryl methyl sites for hydroxylation is 1. The third kappa shape index (κ3) is 4.45. The van der Waals surface area contributed by atoms with E-state index in [0.29, 0.717) is 49.6 Å². The third-order valence-electron chi connectivity index (χ3n) is 5.41. The zero-order valence-electron chi connectivity index (χ0n) is 17.3. The summed E-state index contributed by atoms with van der Waals surface area (Å²) in [5.74, 6) is 0.724. The van der Waals surface area contributed by atoms with Crippen molar-refractivity contribution in [3.05, 3.63) is 54.3 Å². The maximum atomic E-state index is 13.0. The smallest absolute Gasteiger partial charge is 0.226 e. The molecule has 1 fully saturated rings. The van der Waals surface area contributed by atoms with Crippen molar-refractivity contribution in [3.63, 3.8) is 0 Å². The van der Waals surface area contributed by atoms with Gasteiger partial charge in [0.25, 0.3) is 0 Å². The molecule has 32 heavy (non-hydrogen) atoms. The second-order valence-corrected chi connectivity index (χ2v) is 8.52. The van der Waals surface area contributed by atoms with Crippen molar-refractivity contribution in [1.29, 1.82) is 0 Å². The maximum Gasteiger partial charge on any atom is 0.226 e. The number of hydrogen-bond donors (Lipinski definition) is 0. The van der Waals surface area contributed by atoms with Gasteiger partial charge in [-0.05, 0) is 42.8 Å². The SMILES string of the molecule is O=C(CCCc1nc(-c2ccc(F)cc2)no1)N1CCN(c2nc3cccnc3s2)CC1. The molecule has 0 bridgehead atoms. The van der Waals surface area contributed by atoms with E-state index in [2.05, 4.69) is 25.0 Å². The highest BCUT2D eigenvalue weighted by molar-refractivity contribution is 7.21. The van der Waals surface area contributed by atoms with E-state index in [0.717, 1.165) is 28.6 Å². The Hall–Kier alpha value is -3.40. The van der Waals surface area contributed by atoms with Crippen LogP contribution in [0.1, 0.15) is 18.7 Å². The highest BCUT2D eigenvalue weighted by atomic mass is 32.1. The summed E-state index contributed by atoms with van der Waals surface area (Å²) in [5, 5.41) is 4.90. The second-order valence-electron chi connectivity index (χ2n) is 7.56. The summed E-state index contributed by atoms with van der Waals surface area (Å²) >= 11 is 1.58. The van der Waals surface area contributed by atoms with Gasteiger partial charge in [0.15, 0.2) is 5.13 Å². The van der Waals surface area contributed by atoms with Gasteiger partial charge in [0.1, 0.15) is 16.2 Å². The number of rotatable bonds is 6. The Labute approximate surface area is 187 Å². The minimum absolute atomic E-state index is 0.133. The summed E-state index contributed by atoms with van der Waals surface area (Å²) in [4.78, 5) is 31.0. The van der Waals surface area contributed by atoms with Crippen LogP contribution < -0.4 is 4.90 Å². The number of nitrogens with zero attached hydrogens (tertiary/aromatic N) is 6. The van der Waals surface area contributed by atoms with Crippen molar-refractivity contribution in [2.75, 3.05) is 31.1 Å². The van der Waals surface area contributed by atoms with Gasteiger partial charge in [0, 0.05) is 50.8 Å². The Morgan fingerprint density at radius 1 is 1.09 bits per heavy atom. The molecule has 0 radical (unpaired) electrons. The van der Waals surface area contributed by atoms with Crippen LogP contribution in [0.2, 0.25) is 0 Å². The molecule has 1 saturated heterocycles. The fourth-order valence-electron chi connectivity index (χ4n) is 3.66. The first-order valence-electron chi connectivity index (χ1n) is 10.5. The predicted octanol–water partition coefficient (Wildman–Crippen LogP) is 3.55. The fraction of sp³-hybridized carbons (Fsp3) is 0.318. The monoisotopic (exact) mass is 452 g/mol. The summed E-state index contributed by atoms with van der Waals surface area (Å²) in [6, 6.07) is 9.79. The number of halogens is 1. The van der Waals surface area contributed by atoms with Crippen LogP contribution in [0.15, 0.2) is 47.1 Å². The van der Waals surface area contributed by atoms with Crippen molar-refractivity contribution >= 4 is 32.7 Å². The fourth-order valence-corrected chi connectivity index (χ4v) is 4.62. The standard InChI is InChI=1S/C22H21FN6O2S/c23-16-8-6-15(7-9-16)20-26-18(31-27-20)4-1-5-19(30)28-11-13-29(14-12-28)22-25-17-3-2-10-24-21(17)32-22/h2-3,6-10H,1,4-5,11-14H2. The molecular weight excluding hydrogens is 431 g/mol. The van der Waals surface area contributed by atoms with Crippen LogP contribution in [0.3, 0.4) is 0 Å². The number of benzene rings is 1. The summed E-state index contributed by atoms with van der Waals surface area (Å²) in [5.41, 5.74) is 1.61. The Bertz CT molecular complexity index is 1180. The van der Waals surface area contributed by atoms with Gasteiger partial charge in [-0.2, -0.15) is 4.98 Å². The van der Waals surface area contributed by atoms with Crippen LogP contribution in [0, 0.1) is 5.82 Å². The molecule has 1 amide bonds. The van der Waals surface area contributed by atoms with Crippen LogP contribution >= 0.6 is 11.3 Å². The van der Waals surface area contributed by atoms with Gasteiger partial charge in [0.2, 0.25) is 17.6 Å². The molecule has 10 heteroatoms. The molecule has 0 spiro atoms. The van der Waals surface area contributed by atoms with Gasteiger partial charge in [0.05, 0.1) is 0 Å². The van der Waals surface area contributed by atoms with E-state index in [-0.39, 0.29) is 11.7 Å². The highest BCUT2D eigenvalue weighted by Crippen LogP contribution is 2.27. The maximum absolute atomic E-state index is 13.0. The second kappa shape index (κ2) is 8.99. The number of anilines is 1. The van der Waals surface area contributed by atoms with E-state index in [1.807, 2.05) is 17.0 Å². The molecule has 1 aliphatic rings. The number of piperazine rings is 1. The molecule has 0 aliphatic carbocycles. The van der Waals surface area contributed by atoms with Crippen molar-refractivity contribution < 1.29 is 13.7 Å². The highest BCUT2D eigenvalue weighted by Gasteiger charge is 2.23. The van der Waals surface area contributed by atoms with Gasteiger partial charge in [-0.3, -0.25) is 4.79 Å². The lowest BCUT2D eigenvalue weighted by atomic mass is 10.2. The first-order chi connectivity index (χ1) is 15.7. The van der Waals surface area contributed by atoms with E-state index < -0.39 is 0 Å². The largest absolute Gasteiger partial charge is 0.344 e. The topological polar surface area (TPSA) is 88.3 Å². The minimum Gasteiger partial charge on any atom is -0.344 e. The van der Waals surface area contributed by atoms with Crippen LogP contribution in [0.5, 0.6) is 0 Å². The molecular formula is C22H21FN6O2S. The van der Waals surface area contributed by atoms with E-state index in [1.54, 1.807) is 29.7 Å². The first kappa shape index (κ1) is 20.5. The van der Waals surface area contributed by atoms with Gasteiger partial charge in [-0.25, -0.2) is 14.4 Å². The number of carbonyl (C=O) groups is 1. The normalized spacial score (nSPS) is 14.3. The number of aromatic nitrogens is 4. The Morgan fingerprint density at radius 2 is 1.91 bits per heavy atom. The molecule has 0 N–H and O–H groups in total. The van der Waals surface area contributed by atoms with Crippen LogP contribution in [-0.4, -0.2) is 57.1 Å². The zero-order valence-corrected chi connectivity index (χ0v) is 18.1. The molecule has 0 atom stereocenters. The minimum atomic E-state index is -0.311. The number of fused-ring (bicyclic) bond motifs is 1. The van der Waals surface area contributed by atoms with Crippen LogP contribution in [0.4, 0.5) is 9.52 Å². The third-order valence-corrected chi connectivity index (χ3v) is 6.45. The molecule has 164 valence electrons. The van der Waals surface area contributed by atoms with Crippen molar-refractivity contribution in [1.82, 2.24) is 25.0 Å². The Balaban J connectivity index is 1.09. The molecule has 5 rings (SSSR count). The lowest BCUT2D eigenvalue weighted by Crippen LogP contribution is -2.48. The number of hydrogen-bond acceptors (Lipinski definition) is 8. The summed E-state index contributed by atoms with van der Waals surface area (Å²) < 4.78 is 18.3. The van der Waals surface area contributed by atoms with Crippen LogP contribution in [-0.2, 0) is 11.2 Å². The number of thiazole rings is 1. The van der Waals surface area contributed by atoms with Crippen molar-refractivity contribution in [2.24, 2.45) is 0 Å². The van der Waals surface area contributed by atoms with Crippen molar-refractivity contribution in [2.45, 2.75) is 19.3 Å². The molecule has 0 unspecified atom stereocenters. The van der Waals surface area contributed by atoms with E-state index >= 15 is 0 Å². The average molecular weight is 453 g/mol. The Kier molecular flexibility index (Phi) is 5.76. The molecule has 8 nitrogen and oxygen atoms in total. The first-order valence-corrected chi connectivity index (χ1v) is 11.3. The number of carbonyl (C=O) groups excluding carboxylic acids is 1. The molecule has 1 aliphatic heterocycles. The lowest BCUT2D eigenvalue weighted by molar-refractivity contribution is -0.131. The quantitative estimate of drug-likeness (QED) is 0.442. The van der Waals surface area contributed by atoms with Gasteiger partial charge >= 0.3 is 0 Å². The Morgan fingerprint density at radius 3 is 2.69 bits per heavy atom. The summed E-state index contributed by atoms with van der Waals surface area (Å²) in [7, 11) is 0.